The topological polar surface area (TPSA) is 34.1 Å². The summed E-state index contributed by atoms with van der Waals surface area (Å²) in [6, 6.07) is 0. The summed E-state index contributed by atoms with van der Waals surface area (Å²) in [7, 11) is -2.88. The van der Waals surface area contributed by atoms with Crippen molar-refractivity contribution in [1.29, 1.82) is 0 Å². The fraction of sp³-hybridized carbons (Fsp3) is 0.600. The molecule has 9 heavy (non-hydrogen) atoms. The van der Waals surface area contributed by atoms with Gasteiger partial charge in [0.15, 0.2) is 9.84 Å². The van der Waals surface area contributed by atoms with Gasteiger partial charge in [0.2, 0.25) is 0 Å². The zero-order valence-corrected chi connectivity index (χ0v) is 7.13. The van der Waals surface area contributed by atoms with Crippen molar-refractivity contribution < 1.29 is 8.42 Å². The maximum absolute atomic E-state index is 10.7. The average Bonchev–Trinajstić information content (AvgIpc) is 1.84. The van der Waals surface area contributed by atoms with Crippen molar-refractivity contribution in [2.45, 2.75) is 6.92 Å². The van der Waals surface area contributed by atoms with E-state index in [1.54, 1.807) is 12.3 Å². The average molecular weight is 166 g/mol. The first-order chi connectivity index (χ1) is 4.12. The molecule has 0 saturated carbocycles. The minimum atomic E-state index is -2.88. The highest BCUT2D eigenvalue weighted by molar-refractivity contribution is 8.02. The Morgan fingerprint density at radius 3 is 2.44 bits per heavy atom. The van der Waals surface area contributed by atoms with Crippen molar-refractivity contribution in [2.75, 3.05) is 12.0 Å². The van der Waals surface area contributed by atoms with Crippen molar-refractivity contribution in [2.24, 2.45) is 0 Å². The fourth-order valence-corrected chi connectivity index (χ4v) is 1.55. The number of hydrogen-bond donors (Lipinski definition) is 0. The SMILES string of the molecule is CCS(=O)(=O)C=CSC. The Morgan fingerprint density at radius 1 is 1.56 bits per heavy atom. The van der Waals surface area contributed by atoms with Gasteiger partial charge in [0, 0.05) is 5.41 Å². The number of sulfone groups is 1. The third-order valence-electron chi connectivity index (χ3n) is 0.801. The minimum Gasteiger partial charge on any atom is -0.224 e. The van der Waals surface area contributed by atoms with Crippen LogP contribution in [-0.2, 0) is 9.84 Å². The standard InChI is InChI=1S/C5H10O2S2/c1-3-9(6,7)5-4-8-2/h4-5H,3H2,1-2H3. The van der Waals surface area contributed by atoms with Gasteiger partial charge in [-0.1, -0.05) is 6.92 Å². The van der Waals surface area contributed by atoms with Gasteiger partial charge in [-0.05, 0) is 11.7 Å². The van der Waals surface area contributed by atoms with Crippen LogP contribution in [0.5, 0.6) is 0 Å². The Kier molecular flexibility index (Phi) is 3.97. The van der Waals surface area contributed by atoms with Crippen molar-refractivity contribution in [3.63, 3.8) is 0 Å². The number of thioether (sulfide) groups is 1. The molecule has 0 radical (unpaired) electrons. The molecule has 0 unspecified atom stereocenters. The van der Waals surface area contributed by atoms with Gasteiger partial charge in [0.1, 0.15) is 0 Å². The van der Waals surface area contributed by atoms with Crippen LogP contribution in [0.4, 0.5) is 0 Å². The highest BCUT2D eigenvalue weighted by Gasteiger charge is 1.97. The van der Waals surface area contributed by atoms with Gasteiger partial charge in [-0.25, -0.2) is 8.42 Å². The quantitative estimate of drug-likeness (QED) is 0.633. The van der Waals surface area contributed by atoms with Crippen molar-refractivity contribution >= 4 is 21.6 Å². The first kappa shape index (κ1) is 9.04. The summed E-state index contributed by atoms with van der Waals surface area (Å²) in [5.74, 6) is 0.185. The van der Waals surface area contributed by atoms with Crippen LogP contribution in [0.3, 0.4) is 0 Å². The fourth-order valence-electron chi connectivity index (χ4n) is 0.236. The van der Waals surface area contributed by atoms with Crippen LogP contribution in [0.2, 0.25) is 0 Å². The Labute approximate surface area is 60.3 Å². The van der Waals surface area contributed by atoms with Gasteiger partial charge in [-0.2, -0.15) is 0 Å². The summed E-state index contributed by atoms with van der Waals surface area (Å²) >= 11 is 1.38. The molecule has 0 spiro atoms. The molecule has 0 fully saturated rings. The maximum Gasteiger partial charge on any atom is 0.171 e. The number of rotatable bonds is 3. The smallest absolute Gasteiger partial charge is 0.171 e. The van der Waals surface area contributed by atoms with E-state index >= 15 is 0 Å². The molecule has 0 amide bonds. The van der Waals surface area contributed by atoms with Crippen LogP contribution in [0.25, 0.3) is 0 Å². The molecule has 4 heteroatoms. The van der Waals surface area contributed by atoms with Crippen LogP contribution < -0.4 is 0 Å². The Balaban J connectivity index is 4.04. The Morgan fingerprint density at radius 2 is 2.11 bits per heavy atom. The molecule has 0 heterocycles. The third-order valence-corrected chi connectivity index (χ3v) is 2.74. The zero-order chi connectivity index (χ0) is 7.33. The molecular weight excluding hydrogens is 156 g/mol. The first-order valence-electron chi connectivity index (χ1n) is 2.54. The lowest BCUT2D eigenvalue weighted by Crippen LogP contribution is -1.96. The van der Waals surface area contributed by atoms with E-state index in [1.165, 1.54) is 17.2 Å². The number of hydrogen-bond acceptors (Lipinski definition) is 3. The van der Waals surface area contributed by atoms with E-state index in [2.05, 4.69) is 0 Å². The predicted octanol–water partition coefficient (Wildman–Crippen LogP) is 1.26. The van der Waals surface area contributed by atoms with Crippen molar-refractivity contribution in [1.82, 2.24) is 0 Å². The van der Waals surface area contributed by atoms with Gasteiger partial charge in [0.25, 0.3) is 0 Å². The Hall–Kier alpha value is 0.0400. The molecule has 0 aromatic rings. The van der Waals surface area contributed by atoms with Crippen LogP contribution >= 0.6 is 11.8 Å². The molecule has 0 atom stereocenters. The van der Waals surface area contributed by atoms with Gasteiger partial charge in [0.05, 0.1) is 5.75 Å². The summed E-state index contributed by atoms with van der Waals surface area (Å²) in [4.78, 5) is 0. The van der Waals surface area contributed by atoms with Gasteiger partial charge < -0.3 is 0 Å². The summed E-state index contributed by atoms with van der Waals surface area (Å²) in [5.41, 5.74) is 0. The van der Waals surface area contributed by atoms with Crippen LogP contribution in [0, 0.1) is 0 Å². The molecule has 0 bridgehead atoms. The normalized spacial score (nSPS) is 12.7. The van der Waals surface area contributed by atoms with E-state index in [1.807, 2.05) is 6.26 Å². The second-order valence-corrected chi connectivity index (χ2v) is 4.38. The van der Waals surface area contributed by atoms with Gasteiger partial charge >= 0.3 is 0 Å². The largest absolute Gasteiger partial charge is 0.224 e. The predicted molar refractivity (Wildman–Crippen MR) is 42.1 cm³/mol. The molecule has 0 N–H and O–H groups in total. The molecule has 0 rings (SSSR count). The lowest BCUT2D eigenvalue weighted by atomic mass is 11.0. The molecule has 0 aliphatic rings. The lowest BCUT2D eigenvalue weighted by Gasteiger charge is -1.87. The van der Waals surface area contributed by atoms with E-state index in [0.29, 0.717) is 0 Å². The molecule has 0 aliphatic carbocycles. The highest BCUT2D eigenvalue weighted by atomic mass is 32.2. The summed E-state index contributed by atoms with van der Waals surface area (Å²) in [6.45, 7) is 1.62. The minimum absolute atomic E-state index is 0.185. The van der Waals surface area contributed by atoms with E-state index in [9.17, 15) is 8.42 Å². The van der Waals surface area contributed by atoms with Crippen LogP contribution in [0.1, 0.15) is 6.92 Å². The molecular formula is C5H10O2S2. The highest BCUT2D eigenvalue weighted by Crippen LogP contribution is 1.98. The summed E-state index contributed by atoms with van der Waals surface area (Å²) < 4.78 is 21.3. The zero-order valence-electron chi connectivity index (χ0n) is 5.49. The van der Waals surface area contributed by atoms with E-state index in [0.717, 1.165) is 0 Å². The van der Waals surface area contributed by atoms with Gasteiger partial charge in [-0.15, -0.1) is 11.8 Å². The molecule has 0 aromatic carbocycles. The van der Waals surface area contributed by atoms with E-state index in [4.69, 9.17) is 0 Å². The molecule has 2 nitrogen and oxygen atoms in total. The second-order valence-electron chi connectivity index (χ2n) is 1.46. The van der Waals surface area contributed by atoms with Crippen molar-refractivity contribution in [3.8, 4) is 0 Å². The molecule has 0 aliphatic heterocycles. The molecule has 54 valence electrons. The summed E-state index contributed by atoms with van der Waals surface area (Å²) in [6.07, 6.45) is 1.82. The second kappa shape index (κ2) is 3.95. The van der Waals surface area contributed by atoms with E-state index < -0.39 is 9.84 Å². The van der Waals surface area contributed by atoms with Crippen LogP contribution in [-0.4, -0.2) is 20.4 Å². The molecule has 0 saturated heterocycles. The lowest BCUT2D eigenvalue weighted by molar-refractivity contribution is 0.606. The van der Waals surface area contributed by atoms with Gasteiger partial charge in [-0.3, -0.25) is 0 Å². The Bertz CT molecular complexity index is 179. The van der Waals surface area contributed by atoms with E-state index in [-0.39, 0.29) is 5.75 Å². The van der Waals surface area contributed by atoms with Crippen molar-refractivity contribution in [3.05, 3.63) is 10.8 Å². The molecule has 0 aromatic heterocycles. The van der Waals surface area contributed by atoms with Crippen LogP contribution in [0.15, 0.2) is 10.8 Å². The maximum atomic E-state index is 10.7. The first-order valence-corrected chi connectivity index (χ1v) is 5.55. The monoisotopic (exact) mass is 166 g/mol. The third kappa shape index (κ3) is 4.54. The summed E-state index contributed by atoms with van der Waals surface area (Å²) in [5, 5.41) is 2.80.